The highest BCUT2D eigenvalue weighted by Gasteiger charge is 2.34. The van der Waals surface area contributed by atoms with E-state index in [0.717, 1.165) is 25.7 Å². The highest BCUT2D eigenvalue weighted by molar-refractivity contribution is 5.77. The van der Waals surface area contributed by atoms with Crippen LogP contribution in [0.25, 0.3) is 0 Å². The monoisotopic (exact) mass is 215 g/mol. The van der Waals surface area contributed by atoms with Crippen molar-refractivity contribution in [2.75, 3.05) is 13.7 Å². The molecule has 88 valence electrons. The minimum absolute atomic E-state index is 0.0410. The summed E-state index contributed by atoms with van der Waals surface area (Å²) in [4.78, 5) is 13.3. The zero-order valence-electron chi connectivity index (χ0n) is 9.57. The number of carbonyl (C=O) groups excluding carboxylic acids is 1. The molecular formula is C11H21NO3. The Morgan fingerprint density at radius 1 is 1.47 bits per heavy atom. The van der Waals surface area contributed by atoms with Crippen LogP contribution in [-0.4, -0.2) is 46.3 Å². The average molecular weight is 215 g/mol. The smallest absolute Gasteiger partial charge is 0.225 e. The molecule has 0 unspecified atom stereocenters. The van der Waals surface area contributed by atoms with E-state index in [1.165, 1.54) is 4.90 Å². The third-order valence-corrected chi connectivity index (χ3v) is 3.33. The second-order valence-electron chi connectivity index (χ2n) is 4.64. The van der Waals surface area contributed by atoms with E-state index in [1.54, 1.807) is 14.0 Å². The van der Waals surface area contributed by atoms with Gasteiger partial charge in [-0.15, -0.1) is 0 Å². The van der Waals surface area contributed by atoms with Crippen LogP contribution in [0.15, 0.2) is 0 Å². The molecule has 4 heteroatoms. The molecule has 1 saturated carbocycles. The molecule has 0 heterocycles. The van der Waals surface area contributed by atoms with Gasteiger partial charge in [0.25, 0.3) is 0 Å². The van der Waals surface area contributed by atoms with Gasteiger partial charge < -0.3 is 15.1 Å². The summed E-state index contributed by atoms with van der Waals surface area (Å²) in [7, 11) is 1.67. The first kappa shape index (κ1) is 12.5. The fourth-order valence-corrected chi connectivity index (χ4v) is 1.98. The van der Waals surface area contributed by atoms with Crippen molar-refractivity contribution in [1.29, 1.82) is 0 Å². The van der Waals surface area contributed by atoms with Gasteiger partial charge in [0.2, 0.25) is 5.91 Å². The molecule has 2 N–H and O–H groups in total. The molecule has 4 nitrogen and oxygen atoms in total. The van der Waals surface area contributed by atoms with E-state index in [4.69, 9.17) is 5.11 Å². The van der Waals surface area contributed by atoms with Gasteiger partial charge >= 0.3 is 0 Å². The van der Waals surface area contributed by atoms with Crippen LogP contribution in [-0.2, 0) is 4.79 Å². The van der Waals surface area contributed by atoms with Gasteiger partial charge in [-0.05, 0) is 19.8 Å². The molecular weight excluding hydrogens is 194 g/mol. The molecule has 0 aromatic rings. The molecule has 1 aliphatic rings. The van der Waals surface area contributed by atoms with Crippen LogP contribution in [0.4, 0.5) is 0 Å². The zero-order valence-corrected chi connectivity index (χ0v) is 9.57. The van der Waals surface area contributed by atoms with Gasteiger partial charge in [0, 0.05) is 7.05 Å². The van der Waals surface area contributed by atoms with Gasteiger partial charge in [-0.25, -0.2) is 0 Å². The van der Waals surface area contributed by atoms with Crippen molar-refractivity contribution in [2.45, 2.75) is 50.7 Å². The van der Waals surface area contributed by atoms with Crippen LogP contribution >= 0.6 is 0 Å². The number of hydrogen-bond donors (Lipinski definition) is 2. The number of rotatable bonds is 4. The van der Waals surface area contributed by atoms with Crippen molar-refractivity contribution in [1.82, 2.24) is 4.90 Å². The molecule has 1 aliphatic carbocycles. The van der Waals surface area contributed by atoms with Crippen LogP contribution in [0, 0.1) is 0 Å². The summed E-state index contributed by atoms with van der Waals surface area (Å²) in [5.74, 6) is -0.0825. The summed E-state index contributed by atoms with van der Waals surface area (Å²) < 4.78 is 0. The Kier molecular flexibility index (Phi) is 4.11. The van der Waals surface area contributed by atoms with Gasteiger partial charge in [-0.1, -0.05) is 12.8 Å². The lowest BCUT2D eigenvalue weighted by molar-refractivity contribution is -0.137. The second-order valence-corrected chi connectivity index (χ2v) is 4.64. The van der Waals surface area contributed by atoms with Crippen LogP contribution in [0.3, 0.4) is 0 Å². The molecule has 0 aromatic heterocycles. The van der Waals surface area contributed by atoms with Crippen molar-refractivity contribution in [3.05, 3.63) is 0 Å². The molecule has 0 aliphatic heterocycles. The maximum Gasteiger partial charge on any atom is 0.225 e. The van der Waals surface area contributed by atoms with Crippen molar-refractivity contribution < 1.29 is 15.0 Å². The van der Waals surface area contributed by atoms with E-state index in [9.17, 15) is 9.90 Å². The van der Waals surface area contributed by atoms with Gasteiger partial charge in [0.15, 0.2) is 0 Å². The van der Waals surface area contributed by atoms with Gasteiger partial charge in [-0.3, -0.25) is 4.79 Å². The third-order valence-electron chi connectivity index (χ3n) is 3.33. The average Bonchev–Trinajstić information content (AvgIpc) is 2.62. The van der Waals surface area contributed by atoms with E-state index in [2.05, 4.69) is 0 Å². The molecule has 1 fully saturated rings. The Morgan fingerprint density at radius 3 is 2.47 bits per heavy atom. The van der Waals surface area contributed by atoms with Crippen molar-refractivity contribution in [3.8, 4) is 0 Å². The number of hydrogen-bond acceptors (Lipinski definition) is 3. The first-order valence-corrected chi connectivity index (χ1v) is 5.57. The number of likely N-dealkylation sites (N-methyl/N-ethyl adjacent to an activating group) is 1. The molecule has 0 bridgehead atoms. The topological polar surface area (TPSA) is 60.8 Å². The van der Waals surface area contributed by atoms with E-state index in [1.807, 2.05) is 0 Å². The quantitative estimate of drug-likeness (QED) is 0.718. The number of aliphatic hydroxyl groups excluding tert-OH is 1. The Hall–Kier alpha value is -0.610. The maximum atomic E-state index is 11.8. The van der Waals surface area contributed by atoms with E-state index >= 15 is 0 Å². The fraction of sp³-hybridized carbons (Fsp3) is 0.909. The lowest BCUT2D eigenvalue weighted by Crippen LogP contribution is -2.41. The molecule has 15 heavy (non-hydrogen) atoms. The molecule has 0 radical (unpaired) electrons. The molecule has 0 saturated heterocycles. The van der Waals surface area contributed by atoms with Gasteiger partial charge in [-0.2, -0.15) is 0 Å². The predicted octanol–water partition coefficient (Wildman–Crippen LogP) is 0.521. The maximum absolute atomic E-state index is 11.8. The first-order valence-electron chi connectivity index (χ1n) is 5.57. The minimum atomic E-state index is -0.791. The zero-order chi connectivity index (χ0) is 11.5. The van der Waals surface area contributed by atoms with E-state index < -0.39 is 5.60 Å². The summed E-state index contributed by atoms with van der Waals surface area (Å²) in [5.41, 5.74) is -0.791. The summed E-state index contributed by atoms with van der Waals surface area (Å²) in [5, 5.41) is 19.0. The highest BCUT2D eigenvalue weighted by atomic mass is 16.3. The number of carbonyl (C=O) groups is 1. The lowest BCUT2D eigenvalue weighted by Gasteiger charge is -2.28. The Labute approximate surface area is 90.9 Å². The van der Waals surface area contributed by atoms with Crippen LogP contribution in [0.1, 0.15) is 39.0 Å². The highest BCUT2D eigenvalue weighted by Crippen LogP contribution is 2.32. The standard InChI is InChI=1S/C11H21NO3/c1-9(8-13)12(2)10(14)7-11(15)5-3-4-6-11/h9,13,15H,3-8H2,1-2H3/t9-/m0/s1. The van der Waals surface area contributed by atoms with E-state index in [-0.39, 0.29) is 25.0 Å². The summed E-state index contributed by atoms with van der Waals surface area (Å²) in [6.07, 6.45) is 3.64. The van der Waals surface area contributed by atoms with Crippen molar-refractivity contribution >= 4 is 5.91 Å². The van der Waals surface area contributed by atoms with E-state index in [0.29, 0.717) is 0 Å². The number of amides is 1. The first-order chi connectivity index (χ1) is 6.98. The molecule has 1 rings (SSSR count). The fourth-order valence-electron chi connectivity index (χ4n) is 1.98. The predicted molar refractivity (Wildman–Crippen MR) is 57.4 cm³/mol. The minimum Gasteiger partial charge on any atom is -0.394 e. The lowest BCUT2D eigenvalue weighted by atomic mass is 9.97. The molecule has 1 atom stereocenters. The Morgan fingerprint density at radius 2 is 2.00 bits per heavy atom. The van der Waals surface area contributed by atoms with Crippen molar-refractivity contribution in [3.63, 3.8) is 0 Å². The SMILES string of the molecule is C[C@@H](CO)N(C)C(=O)CC1(O)CCCC1. The van der Waals surface area contributed by atoms with Crippen LogP contribution < -0.4 is 0 Å². The summed E-state index contributed by atoms with van der Waals surface area (Å²) in [6, 6.07) is -0.178. The van der Waals surface area contributed by atoms with Gasteiger partial charge in [0.05, 0.1) is 24.7 Å². The summed E-state index contributed by atoms with van der Waals surface area (Å²) in [6.45, 7) is 1.75. The van der Waals surface area contributed by atoms with Crippen molar-refractivity contribution in [2.24, 2.45) is 0 Å². The Balaban J connectivity index is 2.47. The number of nitrogens with zero attached hydrogens (tertiary/aromatic N) is 1. The molecule has 0 aromatic carbocycles. The summed E-state index contributed by atoms with van der Waals surface area (Å²) >= 11 is 0. The second kappa shape index (κ2) is 4.94. The third kappa shape index (κ3) is 3.18. The molecule has 0 spiro atoms. The van der Waals surface area contributed by atoms with Crippen LogP contribution in [0.2, 0.25) is 0 Å². The Bertz CT molecular complexity index is 224. The largest absolute Gasteiger partial charge is 0.394 e. The van der Waals surface area contributed by atoms with Gasteiger partial charge in [0.1, 0.15) is 0 Å². The van der Waals surface area contributed by atoms with Crippen LogP contribution in [0.5, 0.6) is 0 Å². The normalized spacial score (nSPS) is 21.3. The molecule has 1 amide bonds. The number of aliphatic hydroxyl groups is 2.